The van der Waals surface area contributed by atoms with E-state index in [-0.39, 0.29) is 11.8 Å². The van der Waals surface area contributed by atoms with E-state index < -0.39 is 0 Å². The van der Waals surface area contributed by atoms with Gasteiger partial charge in [-0.25, -0.2) is 4.98 Å². The zero-order valence-corrected chi connectivity index (χ0v) is 18.4. The number of rotatable bonds is 6. The number of hydrogen-bond acceptors (Lipinski definition) is 3. The topological polar surface area (TPSA) is 66.7 Å². The summed E-state index contributed by atoms with van der Waals surface area (Å²) >= 11 is 0. The number of aromatic nitrogens is 2. The largest absolute Gasteiger partial charge is 0.348 e. The van der Waals surface area contributed by atoms with Crippen LogP contribution in [-0.4, -0.2) is 39.2 Å². The lowest BCUT2D eigenvalue weighted by atomic mass is 9.97. The molecule has 166 valence electrons. The number of nitrogens with one attached hydrogen (secondary N) is 1. The van der Waals surface area contributed by atoms with Crippen LogP contribution >= 0.6 is 0 Å². The number of benzene rings is 2. The zero-order valence-electron chi connectivity index (χ0n) is 18.4. The molecule has 2 aromatic heterocycles. The highest BCUT2D eigenvalue weighted by atomic mass is 16.2. The molecule has 1 unspecified atom stereocenters. The van der Waals surface area contributed by atoms with Crippen LogP contribution in [0.2, 0.25) is 0 Å². The van der Waals surface area contributed by atoms with Crippen molar-refractivity contribution in [3.63, 3.8) is 0 Å². The Kier molecular flexibility index (Phi) is 5.89. The molecule has 0 saturated carbocycles. The fourth-order valence-electron chi connectivity index (χ4n) is 4.39. The summed E-state index contributed by atoms with van der Waals surface area (Å²) < 4.78 is 1.93. The van der Waals surface area contributed by atoms with Gasteiger partial charge in [0, 0.05) is 49.7 Å². The highest BCUT2D eigenvalue weighted by Crippen LogP contribution is 2.28. The number of carbonyl (C=O) groups excluding carboxylic acids is 2. The van der Waals surface area contributed by atoms with Gasteiger partial charge in [0.15, 0.2) is 0 Å². The fourth-order valence-corrected chi connectivity index (χ4v) is 4.39. The molecule has 3 heterocycles. The van der Waals surface area contributed by atoms with E-state index in [1.54, 1.807) is 6.20 Å². The predicted molar refractivity (Wildman–Crippen MR) is 127 cm³/mol. The summed E-state index contributed by atoms with van der Waals surface area (Å²) in [6.07, 6.45) is 6.97. The van der Waals surface area contributed by atoms with Gasteiger partial charge in [0.1, 0.15) is 5.65 Å². The van der Waals surface area contributed by atoms with Gasteiger partial charge in [0.05, 0.1) is 6.42 Å². The first-order valence-electron chi connectivity index (χ1n) is 11.3. The van der Waals surface area contributed by atoms with Crippen LogP contribution in [0.5, 0.6) is 0 Å². The van der Waals surface area contributed by atoms with Crippen LogP contribution in [0.4, 0.5) is 0 Å². The average molecular weight is 439 g/mol. The summed E-state index contributed by atoms with van der Waals surface area (Å²) in [5.74, 6) is 0.382. The van der Waals surface area contributed by atoms with Crippen molar-refractivity contribution in [2.75, 3.05) is 13.1 Å². The molecule has 0 spiro atoms. The number of hydrogen-bond donors (Lipinski definition) is 1. The van der Waals surface area contributed by atoms with Crippen LogP contribution in [0.3, 0.4) is 0 Å². The van der Waals surface area contributed by atoms with Gasteiger partial charge in [-0.05, 0) is 47.4 Å². The van der Waals surface area contributed by atoms with Crippen molar-refractivity contribution in [3.05, 3.63) is 108 Å². The average Bonchev–Trinajstić information content (AvgIpc) is 3.53. The van der Waals surface area contributed by atoms with Gasteiger partial charge in [0.2, 0.25) is 5.91 Å². The molecule has 1 N–H and O–H groups in total. The Morgan fingerprint density at radius 1 is 0.970 bits per heavy atom. The molecule has 6 heteroatoms. The van der Waals surface area contributed by atoms with Crippen LogP contribution in [0.1, 0.15) is 39.4 Å². The number of carbonyl (C=O) groups is 2. The maximum Gasteiger partial charge on any atom is 0.251 e. The molecule has 1 atom stereocenters. The Bertz CT molecular complexity index is 1260. The highest BCUT2D eigenvalue weighted by molar-refractivity contribution is 5.94. The molecule has 33 heavy (non-hydrogen) atoms. The van der Waals surface area contributed by atoms with E-state index in [9.17, 15) is 9.59 Å². The lowest BCUT2D eigenvalue weighted by Crippen LogP contribution is -2.29. The van der Waals surface area contributed by atoms with Crippen molar-refractivity contribution >= 4 is 17.5 Å². The van der Waals surface area contributed by atoms with Crippen molar-refractivity contribution in [2.24, 2.45) is 0 Å². The zero-order chi connectivity index (χ0) is 22.6. The normalized spacial score (nSPS) is 15.6. The molecule has 6 nitrogen and oxygen atoms in total. The van der Waals surface area contributed by atoms with E-state index in [0.29, 0.717) is 24.4 Å². The Hall–Kier alpha value is -3.93. The van der Waals surface area contributed by atoms with Gasteiger partial charge < -0.3 is 14.6 Å². The number of fused-ring (bicyclic) bond motifs is 1. The van der Waals surface area contributed by atoms with E-state index in [4.69, 9.17) is 0 Å². The maximum atomic E-state index is 12.6. The molecule has 1 saturated heterocycles. The van der Waals surface area contributed by atoms with Gasteiger partial charge in [-0.2, -0.15) is 0 Å². The molecule has 1 aliphatic heterocycles. The monoisotopic (exact) mass is 438 g/mol. The molecule has 5 rings (SSSR count). The Labute approximate surface area is 192 Å². The lowest BCUT2D eigenvalue weighted by Gasteiger charge is -2.17. The summed E-state index contributed by atoms with van der Waals surface area (Å²) in [4.78, 5) is 31.5. The van der Waals surface area contributed by atoms with E-state index in [2.05, 4.69) is 10.3 Å². The lowest BCUT2D eigenvalue weighted by molar-refractivity contribution is -0.129. The van der Waals surface area contributed by atoms with E-state index in [1.165, 1.54) is 5.56 Å². The first-order valence-corrected chi connectivity index (χ1v) is 11.3. The molecular formula is C27H26N4O2. The van der Waals surface area contributed by atoms with Crippen LogP contribution in [0.25, 0.3) is 5.65 Å². The van der Waals surface area contributed by atoms with Crippen molar-refractivity contribution in [2.45, 2.75) is 25.3 Å². The third-order valence-electron chi connectivity index (χ3n) is 6.30. The first kappa shape index (κ1) is 20.9. The summed E-state index contributed by atoms with van der Waals surface area (Å²) in [6, 6.07) is 21.6. The number of nitrogens with zero attached hydrogens (tertiary/aromatic N) is 3. The quantitative estimate of drug-likeness (QED) is 0.498. The predicted octanol–water partition coefficient (Wildman–Crippen LogP) is 3.82. The van der Waals surface area contributed by atoms with Crippen molar-refractivity contribution < 1.29 is 9.59 Å². The second-order valence-electron chi connectivity index (χ2n) is 8.52. The molecule has 1 aliphatic rings. The highest BCUT2D eigenvalue weighted by Gasteiger charge is 2.27. The molecule has 0 bridgehead atoms. The molecule has 2 amide bonds. The Morgan fingerprint density at radius 2 is 1.79 bits per heavy atom. The minimum Gasteiger partial charge on any atom is -0.348 e. The molecule has 0 radical (unpaired) electrons. The summed E-state index contributed by atoms with van der Waals surface area (Å²) in [7, 11) is 0. The molecular weight excluding hydrogens is 412 g/mol. The first-order chi connectivity index (χ1) is 16.2. The van der Waals surface area contributed by atoms with Crippen molar-refractivity contribution in [1.82, 2.24) is 19.6 Å². The Morgan fingerprint density at radius 3 is 2.61 bits per heavy atom. The summed E-state index contributed by atoms with van der Waals surface area (Å²) in [6.45, 7) is 1.96. The van der Waals surface area contributed by atoms with E-state index in [0.717, 1.165) is 36.3 Å². The number of imidazole rings is 1. The third kappa shape index (κ3) is 4.80. The number of likely N-dealkylation sites (tertiary alicyclic amines) is 1. The second-order valence-corrected chi connectivity index (χ2v) is 8.52. The van der Waals surface area contributed by atoms with Gasteiger partial charge in [-0.15, -0.1) is 0 Å². The summed E-state index contributed by atoms with van der Waals surface area (Å²) in [5.41, 5.74) is 4.72. The molecule has 2 aromatic carbocycles. The fraction of sp³-hybridized carbons (Fsp3) is 0.222. The smallest absolute Gasteiger partial charge is 0.251 e. The minimum atomic E-state index is -0.101. The van der Waals surface area contributed by atoms with Gasteiger partial charge in [-0.3, -0.25) is 9.59 Å². The van der Waals surface area contributed by atoms with Gasteiger partial charge in [0.25, 0.3) is 5.91 Å². The van der Waals surface area contributed by atoms with Crippen LogP contribution < -0.4 is 5.32 Å². The van der Waals surface area contributed by atoms with Crippen LogP contribution in [0, 0.1) is 0 Å². The van der Waals surface area contributed by atoms with Gasteiger partial charge in [-0.1, -0.05) is 42.5 Å². The molecule has 1 fully saturated rings. The van der Waals surface area contributed by atoms with Gasteiger partial charge >= 0.3 is 0 Å². The number of amides is 2. The van der Waals surface area contributed by atoms with Crippen LogP contribution in [-0.2, 0) is 17.8 Å². The SMILES string of the molecule is O=C(NCc1ccn2ccnc2c1)c1ccc(C2CCN(C(=O)Cc3ccccc3)C2)cc1. The maximum absolute atomic E-state index is 12.6. The van der Waals surface area contributed by atoms with Crippen molar-refractivity contribution in [3.8, 4) is 0 Å². The van der Waals surface area contributed by atoms with E-state index in [1.807, 2.05) is 88.4 Å². The second kappa shape index (κ2) is 9.28. The van der Waals surface area contributed by atoms with E-state index >= 15 is 0 Å². The Balaban J connectivity index is 1.15. The number of pyridine rings is 1. The third-order valence-corrected chi connectivity index (χ3v) is 6.30. The van der Waals surface area contributed by atoms with Crippen molar-refractivity contribution in [1.29, 1.82) is 0 Å². The molecule has 4 aromatic rings. The minimum absolute atomic E-state index is 0.101. The van der Waals surface area contributed by atoms with Crippen LogP contribution in [0.15, 0.2) is 85.3 Å². The standard InChI is InChI=1S/C27H26N4O2/c32-26(17-20-4-2-1-3-5-20)31-14-11-24(19-31)22-6-8-23(9-7-22)27(33)29-18-21-10-13-30-15-12-28-25(30)16-21/h1-10,12-13,15-16,24H,11,14,17-19H2,(H,29,33). The molecule has 0 aliphatic carbocycles. The summed E-state index contributed by atoms with van der Waals surface area (Å²) in [5, 5.41) is 2.98.